The third kappa shape index (κ3) is 3.62. The van der Waals surface area contributed by atoms with Crippen molar-refractivity contribution in [1.29, 1.82) is 0 Å². The lowest BCUT2D eigenvalue weighted by atomic mass is 10.1. The van der Waals surface area contributed by atoms with Gasteiger partial charge in [-0.1, -0.05) is 28.9 Å². The molecule has 1 N–H and O–H groups in total. The Kier molecular flexibility index (Phi) is 4.29. The number of nitrogens with zero attached hydrogens (tertiary/aromatic N) is 2. The predicted molar refractivity (Wildman–Crippen MR) is 92.0 cm³/mol. The van der Waals surface area contributed by atoms with Crippen molar-refractivity contribution in [2.75, 3.05) is 19.6 Å². The number of nitrogens with one attached hydrogen (secondary N) is 1. The van der Waals surface area contributed by atoms with Gasteiger partial charge in [-0.05, 0) is 37.3 Å². The van der Waals surface area contributed by atoms with Crippen LogP contribution in [0, 0.1) is 5.92 Å². The van der Waals surface area contributed by atoms with E-state index in [-0.39, 0.29) is 17.7 Å². The maximum atomic E-state index is 12.4. The minimum atomic E-state index is -0.200. The molecule has 2 fully saturated rings. The zero-order valence-electron chi connectivity index (χ0n) is 13.4. The van der Waals surface area contributed by atoms with Crippen molar-refractivity contribution in [3.63, 3.8) is 0 Å². The zero-order valence-corrected chi connectivity index (χ0v) is 14.1. The van der Waals surface area contributed by atoms with Crippen LogP contribution in [0.15, 0.2) is 34.9 Å². The van der Waals surface area contributed by atoms with Gasteiger partial charge in [-0.3, -0.25) is 4.79 Å². The van der Waals surface area contributed by atoms with E-state index in [1.165, 1.54) is 19.4 Å². The summed E-state index contributed by atoms with van der Waals surface area (Å²) in [6.07, 6.45) is 3.71. The molecule has 0 radical (unpaired) electrons. The Balaban J connectivity index is 1.36. The van der Waals surface area contributed by atoms with Crippen LogP contribution in [-0.4, -0.2) is 41.6 Å². The Morgan fingerprint density at radius 1 is 1.33 bits per heavy atom. The molecule has 1 saturated heterocycles. The molecule has 1 saturated carbocycles. The number of likely N-dealkylation sites (tertiary alicyclic amines) is 1. The summed E-state index contributed by atoms with van der Waals surface area (Å²) in [5.41, 5.74) is 1.45. The van der Waals surface area contributed by atoms with Gasteiger partial charge in [-0.25, -0.2) is 0 Å². The molecule has 1 aliphatic carbocycles. The first-order chi connectivity index (χ1) is 11.7. The van der Waals surface area contributed by atoms with E-state index in [2.05, 4.69) is 15.4 Å². The molecular weight excluding hydrogens is 326 g/mol. The van der Waals surface area contributed by atoms with Gasteiger partial charge in [0.05, 0.1) is 0 Å². The van der Waals surface area contributed by atoms with Crippen molar-refractivity contribution in [2.24, 2.45) is 5.92 Å². The average molecular weight is 346 g/mol. The number of hydrogen-bond acceptors (Lipinski definition) is 4. The highest BCUT2D eigenvalue weighted by molar-refractivity contribution is 6.30. The summed E-state index contributed by atoms with van der Waals surface area (Å²) >= 11 is 5.99. The van der Waals surface area contributed by atoms with Crippen LogP contribution >= 0.6 is 11.6 Å². The van der Waals surface area contributed by atoms with E-state index in [1.54, 1.807) is 18.2 Å². The number of benzene rings is 1. The Hall–Kier alpha value is -1.85. The molecular formula is C18H20ClN3O2. The van der Waals surface area contributed by atoms with Crippen molar-refractivity contribution in [3.8, 4) is 11.3 Å². The van der Waals surface area contributed by atoms with E-state index >= 15 is 0 Å². The number of aromatic nitrogens is 1. The fourth-order valence-electron chi connectivity index (χ4n) is 3.20. The fraction of sp³-hybridized carbons (Fsp3) is 0.444. The lowest BCUT2D eigenvalue weighted by Gasteiger charge is -2.15. The van der Waals surface area contributed by atoms with Gasteiger partial charge in [-0.15, -0.1) is 0 Å². The first-order valence-electron chi connectivity index (χ1n) is 8.43. The number of carbonyl (C=O) groups excluding carboxylic acids is 1. The number of hydrogen-bond donors (Lipinski definition) is 1. The van der Waals surface area contributed by atoms with Crippen LogP contribution in [-0.2, 0) is 0 Å². The quantitative estimate of drug-likeness (QED) is 0.904. The minimum Gasteiger partial charge on any atom is -0.350 e. The highest BCUT2D eigenvalue weighted by atomic mass is 35.5. The summed E-state index contributed by atoms with van der Waals surface area (Å²) in [5.74, 6) is 0.925. The van der Waals surface area contributed by atoms with Crippen molar-refractivity contribution >= 4 is 17.5 Å². The monoisotopic (exact) mass is 345 g/mol. The largest absolute Gasteiger partial charge is 0.350 e. The topological polar surface area (TPSA) is 58.4 Å². The Bertz CT molecular complexity index is 741. The average Bonchev–Trinajstić information content (AvgIpc) is 3.07. The van der Waals surface area contributed by atoms with Gasteiger partial charge < -0.3 is 14.7 Å². The van der Waals surface area contributed by atoms with Gasteiger partial charge >= 0.3 is 0 Å². The Labute approximate surface area is 146 Å². The van der Waals surface area contributed by atoms with Gasteiger partial charge in [0.15, 0.2) is 0 Å². The molecule has 1 unspecified atom stereocenters. The lowest BCUT2D eigenvalue weighted by molar-refractivity contribution is 0.0900. The molecule has 126 valence electrons. The Morgan fingerprint density at radius 3 is 3.00 bits per heavy atom. The van der Waals surface area contributed by atoms with Crippen LogP contribution in [0.3, 0.4) is 0 Å². The van der Waals surface area contributed by atoms with E-state index in [9.17, 15) is 4.79 Å². The van der Waals surface area contributed by atoms with E-state index < -0.39 is 0 Å². The standard InChI is InChI=1S/C18H20ClN3O2/c19-14-3-1-2-13(8-14)16-9-17(24-21-16)18(23)20-15-6-7-22(11-15)10-12-4-5-12/h1-3,8-9,12,15H,4-7,10-11H2,(H,20,23). The molecule has 6 heteroatoms. The number of amides is 1. The van der Waals surface area contributed by atoms with Gasteiger partial charge in [0.1, 0.15) is 5.69 Å². The first-order valence-corrected chi connectivity index (χ1v) is 8.81. The SMILES string of the molecule is O=C(NC1CCN(CC2CC2)C1)c1cc(-c2cccc(Cl)c2)no1. The predicted octanol–water partition coefficient (Wildman–Crippen LogP) is 3.21. The van der Waals surface area contributed by atoms with Gasteiger partial charge in [0.2, 0.25) is 5.76 Å². The van der Waals surface area contributed by atoms with Crippen LogP contribution in [0.5, 0.6) is 0 Å². The third-order valence-electron chi connectivity index (χ3n) is 4.68. The number of halogens is 1. The second kappa shape index (κ2) is 6.57. The first kappa shape index (κ1) is 15.7. The molecule has 1 amide bonds. The maximum Gasteiger partial charge on any atom is 0.290 e. The molecule has 0 spiro atoms. The lowest BCUT2D eigenvalue weighted by Crippen LogP contribution is -2.37. The maximum absolute atomic E-state index is 12.4. The van der Waals surface area contributed by atoms with Crippen LogP contribution in [0.25, 0.3) is 11.3 Å². The zero-order chi connectivity index (χ0) is 16.5. The highest BCUT2D eigenvalue weighted by Crippen LogP contribution is 2.30. The van der Waals surface area contributed by atoms with Crippen LogP contribution < -0.4 is 5.32 Å². The summed E-state index contributed by atoms with van der Waals surface area (Å²) in [7, 11) is 0. The molecule has 1 aromatic heterocycles. The smallest absolute Gasteiger partial charge is 0.290 e. The van der Waals surface area contributed by atoms with Gasteiger partial charge in [0, 0.05) is 42.3 Å². The number of rotatable bonds is 5. The second-order valence-corrected chi connectivity index (χ2v) is 7.19. The van der Waals surface area contributed by atoms with E-state index in [0.717, 1.165) is 31.0 Å². The van der Waals surface area contributed by atoms with E-state index in [0.29, 0.717) is 10.7 Å². The van der Waals surface area contributed by atoms with Crippen LogP contribution in [0.4, 0.5) is 0 Å². The summed E-state index contributed by atoms with van der Waals surface area (Å²) in [5, 5.41) is 7.66. The van der Waals surface area contributed by atoms with Crippen molar-refractivity contribution in [3.05, 3.63) is 41.1 Å². The molecule has 24 heavy (non-hydrogen) atoms. The highest BCUT2D eigenvalue weighted by Gasteiger charge is 2.30. The Morgan fingerprint density at radius 2 is 2.21 bits per heavy atom. The normalized spacial score (nSPS) is 21.1. The molecule has 2 aromatic rings. The van der Waals surface area contributed by atoms with Crippen molar-refractivity contribution < 1.29 is 9.32 Å². The van der Waals surface area contributed by atoms with Crippen LogP contribution in [0.2, 0.25) is 5.02 Å². The van der Waals surface area contributed by atoms with Gasteiger partial charge in [0.25, 0.3) is 5.91 Å². The van der Waals surface area contributed by atoms with E-state index in [4.69, 9.17) is 16.1 Å². The molecule has 2 aliphatic rings. The second-order valence-electron chi connectivity index (χ2n) is 6.75. The molecule has 2 heterocycles. The minimum absolute atomic E-state index is 0.191. The summed E-state index contributed by atoms with van der Waals surface area (Å²) in [6, 6.07) is 9.19. The summed E-state index contributed by atoms with van der Waals surface area (Å²) in [4.78, 5) is 14.8. The molecule has 4 rings (SSSR count). The molecule has 1 aromatic carbocycles. The summed E-state index contributed by atoms with van der Waals surface area (Å²) in [6.45, 7) is 3.16. The fourth-order valence-corrected chi connectivity index (χ4v) is 3.39. The number of carbonyl (C=O) groups is 1. The summed E-state index contributed by atoms with van der Waals surface area (Å²) < 4.78 is 5.21. The molecule has 5 nitrogen and oxygen atoms in total. The van der Waals surface area contributed by atoms with Crippen LogP contribution in [0.1, 0.15) is 29.8 Å². The molecule has 1 aliphatic heterocycles. The molecule has 0 bridgehead atoms. The third-order valence-corrected chi connectivity index (χ3v) is 4.91. The van der Waals surface area contributed by atoms with Crippen molar-refractivity contribution in [2.45, 2.75) is 25.3 Å². The van der Waals surface area contributed by atoms with Gasteiger partial charge in [-0.2, -0.15) is 0 Å². The molecule has 1 atom stereocenters. The van der Waals surface area contributed by atoms with Crippen molar-refractivity contribution in [1.82, 2.24) is 15.4 Å². The van der Waals surface area contributed by atoms with E-state index in [1.807, 2.05) is 12.1 Å².